The van der Waals surface area contributed by atoms with Crippen molar-refractivity contribution in [3.63, 3.8) is 0 Å². The summed E-state index contributed by atoms with van der Waals surface area (Å²) in [6, 6.07) is 8.37. The van der Waals surface area contributed by atoms with E-state index in [1.165, 1.54) is 5.56 Å². The van der Waals surface area contributed by atoms with Crippen molar-refractivity contribution in [1.82, 2.24) is 5.32 Å². The Morgan fingerprint density at radius 2 is 1.94 bits per heavy atom. The Hall–Kier alpha value is -0.570. The maximum atomic E-state index is 5.84. The van der Waals surface area contributed by atoms with Gasteiger partial charge < -0.3 is 10.1 Å². The first-order chi connectivity index (χ1) is 7.74. The van der Waals surface area contributed by atoms with E-state index in [4.69, 9.17) is 16.3 Å². The zero-order valence-electron chi connectivity index (χ0n) is 10.0. The largest absolute Gasteiger partial charge is 0.385 e. The van der Waals surface area contributed by atoms with Crippen LogP contribution in [0, 0.1) is 0 Å². The standard InChI is InChI=1S/C13H20ClNO/c1-11(15-9-3-4-10-16-2)12-5-7-13(14)8-6-12/h5-8,11,15H,3-4,9-10H2,1-2H3/t11-/m0/s1. The number of halogens is 1. The number of nitrogens with one attached hydrogen (secondary N) is 1. The molecule has 0 saturated carbocycles. The number of hydrogen-bond acceptors (Lipinski definition) is 2. The van der Waals surface area contributed by atoms with Crippen molar-refractivity contribution >= 4 is 11.6 Å². The number of ether oxygens (including phenoxy) is 1. The summed E-state index contributed by atoms with van der Waals surface area (Å²) in [6.07, 6.45) is 2.25. The molecular formula is C13H20ClNO. The molecule has 0 spiro atoms. The smallest absolute Gasteiger partial charge is 0.0462 e. The van der Waals surface area contributed by atoms with Gasteiger partial charge >= 0.3 is 0 Å². The summed E-state index contributed by atoms with van der Waals surface area (Å²) in [4.78, 5) is 0. The van der Waals surface area contributed by atoms with E-state index in [1.807, 2.05) is 12.1 Å². The average molecular weight is 242 g/mol. The van der Waals surface area contributed by atoms with Gasteiger partial charge in [0.2, 0.25) is 0 Å². The summed E-state index contributed by atoms with van der Waals surface area (Å²) in [5.74, 6) is 0. The average Bonchev–Trinajstić information content (AvgIpc) is 2.29. The third kappa shape index (κ3) is 4.97. The normalized spacial score (nSPS) is 12.7. The second-order valence-corrected chi connectivity index (χ2v) is 4.36. The molecule has 1 atom stereocenters. The van der Waals surface area contributed by atoms with Crippen molar-refractivity contribution in [2.24, 2.45) is 0 Å². The van der Waals surface area contributed by atoms with Crippen molar-refractivity contribution in [2.75, 3.05) is 20.3 Å². The second-order valence-electron chi connectivity index (χ2n) is 3.93. The van der Waals surface area contributed by atoms with Gasteiger partial charge in [0.05, 0.1) is 0 Å². The van der Waals surface area contributed by atoms with Crippen LogP contribution in [0.3, 0.4) is 0 Å². The fourth-order valence-corrected chi connectivity index (χ4v) is 1.69. The molecular weight excluding hydrogens is 222 g/mol. The van der Waals surface area contributed by atoms with E-state index in [2.05, 4.69) is 24.4 Å². The molecule has 2 nitrogen and oxygen atoms in total. The summed E-state index contributed by atoms with van der Waals surface area (Å²) in [7, 11) is 1.74. The monoisotopic (exact) mass is 241 g/mol. The van der Waals surface area contributed by atoms with Gasteiger partial charge in [-0.3, -0.25) is 0 Å². The lowest BCUT2D eigenvalue weighted by Crippen LogP contribution is -2.20. The quantitative estimate of drug-likeness (QED) is 0.739. The van der Waals surface area contributed by atoms with Crippen LogP contribution in [0.25, 0.3) is 0 Å². The minimum Gasteiger partial charge on any atom is -0.385 e. The zero-order valence-corrected chi connectivity index (χ0v) is 10.8. The minimum absolute atomic E-state index is 0.375. The molecule has 0 aliphatic heterocycles. The van der Waals surface area contributed by atoms with Crippen LogP contribution in [0.5, 0.6) is 0 Å². The molecule has 0 unspecified atom stereocenters. The Morgan fingerprint density at radius 1 is 1.25 bits per heavy atom. The van der Waals surface area contributed by atoms with E-state index in [0.717, 1.165) is 31.0 Å². The Bertz CT molecular complexity index is 286. The van der Waals surface area contributed by atoms with Gasteiger partial charge in [-0.1, -0.05) is 23.7 Å². The van der Waals surface area contributed by atoms with Crippen LogP contribution in [0.2, 0.25) is 5.02 Å². The molecule has 1 aromatic rings. The Morgan fingerprint density at radius 3 is 2.56 bits per heavy atom. The van der Waals surface area contributed by atoms with Gasteiger partial charge in [0.1, 0.15) is 0 Å². The fraction of sp³-hybridized carbons (Fsp3) is 0.538. The van der Waals surface area contributed by atoms with Gasteiger partial charge in [0, 0.05) is 24.8 Å². The minimum atomic E-state index is 0.375. The third-order valence-electron chi connectivity index (χ3n) is 2.60. The molecule has 1 N–H and O–H groups in total. The van der Waals surface area contributed by atoms with Gasteiger partial charge in [-0.2, -0.15) is 0 Å². The van der Waals surface area contributed by atoms with E-state index < -0.39 is 0 Å². The van der Waals surface area contributed by atoms with Gasteiger partial charge in [-0.15, -0.1) is 0 Å². The number of benzene rings is 1. The highest BCUT2D eigenvalue weighted by Gasteiger charge is 2.03. The molecule has 3 heteroatoms. The number of hydrogen-bond donors (Lipinski definition) is 1. The number of unbranched alkanes of at least 4 members (excludes halogenated alkanes) is 1. The third-order valence-corrected chi connectivity index (χ3v) is 2.85. The van der Waals surface area contributed by atoms with E-state index >= 15 is 0 Å². The lowest BCUT2D eigenvalue weighted by molar-refractivity contribution is 0.192. The van der Waals surface area contributed by atoms with E-state index in [0.29, 0.717) is 6.04 Å². The second kappa shape index (κ2) is 7.66. The molecule has 1 aromatic carbocycles. The van der Waals surface area contributed by atoms with Crippen LogP contribution < -0.4 is 5.32 Å². The number of rotatable bonds is 7. The van der Waals surface area contributed by atoms with E-state index in [1.54, 1.807) is 7.11 Å². The van der Waals surface area contributed by atoms with Crippen LogP contribution >= 0.6 is 11.6 Å². The predicted octanol–water partition coefficient (Wildman–Crippen LogP) is 3.42. The Balaban J connectivity index is 2.24. The molecule has 0 aliphatic rings. The molecule has 0 aliphatic carbocycles. The van der Waals surface area contributed by atoms with Crippen LogP contribution in [-0.4, -0.2) is 20.3 Å². The molecule has 0 heterocycles. The molecule has 0 saturated heterocycles. The maximum Gasteiger partial charge on any atom is 0.0462 e. The summed E-state index contributed by atoms with van der Waals surface area (Å²) in [6.45, 7) is 4.03. The number of methoxy groups -OCH3 is 1. The topological polar surface area (TPSA) is 21.3 Å². The van der Waals surface area contributed by atoms with Crippen LogP contribution in [0.4, 0.5) is 0 Å². The molecule has 0 amide bonds. The fourth-order valence-electron chi connectivity index (χ4n) is 1.56. The summed E-state index contributed by atoms with van der Waals surface area (Å²) in [5.41, 5.74) is 1.27. The lowest BCUT2D eigenvalue weighted by atomic mass is 10.1. The molecule has 0 fully saturated rings. The highest BCUT2D eigenvalue weighted by Crippen LogP contribution is 2.15. The first-order valence-electron chi connectivity index (χ1n) is 5.72. The zero-order chi connectivity index (χ0) is 11.8. The lowest BCUT2D eigenvalue weighted by Gasteiger charge is -2.14. The highest BCUT2D eigenvalue weighted by atomic mass is 35.5. The Labute approximate surface area is 103 Å². The first kappa shape index (κ1) is 13.5. The molecule has 16 heavy (non-hydrogen) atoms. The predicted molar refractivity (Wildman–Crippen MR) is 69.0 cm³/mol. The summed E-state index contributed by atoms with van der Waals surface area (Å²) < 4.78 is 5.00. The van der Waals surface area contributed by atoms with Crippen molar-refractivity contribution < 1.29 is 4.74 Å². The molecule has 0 aromatic heterocycles. The van der Waals surface area contributed by atoms with Crippen molar-refractivity contribution in [3.05, 3.63) is 34.9 Å². The van der Waals surface area contributed by atoms with Gasteiger partial charge in [-0.25, -0.2) is 0 Å². The van der Waals surface area contributed by atoms with Crippen LogP contribution in [-0.2, 0) is 4.74 Å². The molecule has 0 radical (unpaired) electrons. The maximum absolute atomic E-state index is 5.84. The van der Waals surface area contributed by atoms with Gasteiger partial charge in [0.25, 0.3) is 0 Å². The van der Waals surface area contributed by atoms with E-state index in [9.17, 15) is 0 Å². The van der Waals surface area contributed by atoms with Gasteiger partial charge in [0.15, 0.2) is 0 Å². The Kier molecular flexibility index (Phi) is 6.46. The summed E-state index contributed by atoms with van der Waals surface area (Å²) >= 11 is 5.84. The van der Waals surface area contributed by atoms with Crippen LogP contribution in [0.1, 0.15) is 31.4 Å². The molecule has 0 bridgehead atoms. The molecule has 1 rings (SSSR count). The van der Waals surface area contributed by atoms with Crippen molar-refractivity contribution in [1.29, 1.82) is 0 Å². The SMILES string of the molecule is COCCCCN[C@@H](C)c1ccc(Cl)cc1. The summed E-state index contributed by atoms with van der Waals surface area (Å²) in [5, 5.41) is 4.27. The highest BCUT2D eigenvalue weighted by molar-refractivity contribution is 6.30. The van der Waals surface area contributed by atoms with Gasteiger partial charge in [-0.05, 0) is 44.0 Å². The van der Waals surface area contributed by atoms with Crippen molar-refractivity contribution in [2.45, 2.75) is 25.8 Å². The molecule has 90 valence electrons. The van der Waals surface area contributed by atoms with E-state index in [-0.39, 0.29) is 0 Å². The first-order valence-corrected chi connectivity index (χ1v) is 6.09. The van der Waals surface area contributed by atoms with Crippen molar-refractivity contribution in [3.8, 4) is 0 Å². The van der Waals surface area contributed by atoms with Crippen LogP contribution in [0.15, 0.2) is 24.3 Å².